The van der Waals surface area contributed by atoms with Gasteiger partial charge in [-0.05, 0) is 31.1 Å². The Labute approximate surface area is 109 Å². The molecule has 0 spiro atoms. The lowest BCUT2D eigenvalue weighted by atomic mass is 9.85. The van der Waals surface area contributed by atoms with Gasteiger partial charge in [-0.3, -0.25) is 0 Å². The molecule has 1 saturated heterocycles. The minimum atomic E-state index is 0.298. The van der Waals surface area contributed by atoms with Crippen molar-refractivity contribution >= 4 is 0 Å². The number of hydrogen-bond acceptors (Lipinski definition) is 4. The van der Waals surface area contributed by atoms with Gasteiger partial charge in [0.2, 0.25) is 5.89 Å². The highest BCUT2D eigenvalue weighted by molar-refractivity contribution is 5.02. The normalized spacial score (nSPS) is 31.8. The lowest BCUT2D eigenvalue weighted by Crippen LogP contribution is -2.30. The molecule has 2 aliphatic rings. The van der Waals surface area contributed by atoms with Gasteiger partial charge in [0, 0.05) is 12.5 Å². The minimum absolute atomic E-state index is 0.298. The Kier molecular flexibility index (Phi) is 3.37. The summed E-state index contributed by atoms with van der Waals surface area (Å²) < 4.78 is 5.43. The average molecular weight is 249 g/mol. The molecule has 2 fully saturated rings. The standard InChI is InChI=1S/C14H23N3O/c1-9(2)7-13-16-14(18-17-13)12-8-10-5-3-4-6-11(10)15-12/h9-12,15H,3-8H2,1-2H3. The molecule has 1 aliphatic carbocycles. The van der Waals surface area contributed by atoms with Crippen molar-refractivity contribution in [2.75, 3.05) is 0 Å². The molecule has 1 saturated carbocycles. The molecule has 1 aromatic rings. The summed E-state index contributed by atoms with van der Waals surface area (Å²) in [6.45, 7) is 4.36. The Morgan fingerprint density at radius 3 is 2.94 bits per heavy atom. The zero-order valence-corrected chi connectivity index (χ0v) is 11.4. The van der Waals surface area contributed by atoms with Crippen molar-refractivity contribution in [3.8, 4) is 0 Å². The molecule has 18 heavy (non-hydrogen) atoms. The molecular formula is C14H23N3O. The number of aromatic nitrogens is 2. The second-order valence-electron chi connectivity index (χ2n) is 6.25. The van der Waals surface area contributed by atoms with Crippen molar-refractivity contribution in [3.05, 3.63) is 11.7 Å². The van der Waals surface area contributed by atoms with Gasteiger partial charge in [-0.25, -0.2) is 0 Å². The number of nitrogens with one attached hydrogen (secondary N) is 1. The van der Waals surface area contributed by atoms with Crippen molar-refractivity contribution in [1.29, 1.82) is 0 Å². The second-order valence-corrected chi connectivity index (χ2v) is 6.25. The Morgan fingerprint density at radius 1 is 1.33 bits per heavy atom. The zero-order chi connectivity index (χ0) is 12.5. The quantitative estimate of drug-likeness (QED) is 0.895. The number of hydrogen-bond donors (Lipinski definition) is 1. The van der Waals surface area contributed by atoms with E-state index in [2.05, 4.69) is 29.3 Å². The summed E-state index contributed by atoms with van der Waals surface area (Å²) >= 11 is 0. The topological polar surface area (TPSA) is 51.0 Å². The predicted octanol–water partition coefficient (Wildman–Crippen LogP) is 2.86. The lowest BCUT2D eigenvalue weighted by molar-refractivity contribution is 0.324. The molecule has 1 N–H and O–H groups in total. The predicted molar refractivity (Wildman–Crippen MR) is 69.1 cm³/mol. The van der Waals surface area contributed by atoms with Crippen LogP contribution in [-0.2, 0) is 6.42 Å². The molecule has 0 amide bonds. The van der Waals surface area contributed by atoms with Crippen LogP contribution in [0.1, 0.15) is 63.7 Å². The molecule has 0 radical (unpaired) electrons. The molecule has 2 heterocycles. The smallest absolute Gasteiger partial charge is 0.243 e. The van der Waals surface area contributed by atoms with Gasteiger partial charge in [0.05, 0.1) is 6.04 Å². The Morgan fingerprint density at radius 2 is 2.17 bits per heavy atom. The third-order valence-electron chi connectivity index (χ3n) is 4.24. The highest BCUT2D eigenvalue weighted by Crippen LogP contribution is 2.38. The lowest BCUT2D eigenvalue weighted by Gasteiger charge is -2.24. The first-order valence-corrected chi connectivity index (χ1v) is 7.31. The fourth-order valence-electron chi connectivity index (χ4n) is 3.37. The summed E-state index contributed by atoms with van der Waals surface area (Å²) in [5.41, 5.74) is 0. The van der Waals surface area contributed by atoms with Gasteiger partial charge in [0.25, 0.3) is 0 Å². The zero-order valence-electron chi connectivity index (χ0n) is 11.4. The van der Waals surface area contributed by atoms with E-state index in [1.165, 1.54) is 32.1 Å². The number of fused-ring (bicyclic) bond motifs is 1. The minimum Gasteiger partial charge on any atom is -0.338 e. The van der Waals surface area contributed by atoms with E-state index in [9.17, 15) is 0 Å². The van der Waals surface area contributed by atoms with Crippen LogP contribution in [0.2, 0.25) is 0 Å². The van der Waals surface area contributed by atoms with E-state index in [1.807, 2.05) is 0 Å². The van der Waals surface area contributed by atoms with Crippen LogP contribution in [-0.4, -0.2) is 16.2 Å². The van der Waals surface area contributed by atoms with Crippen LogP contribution >= 0.6 is 0 Å². The van der Waals surface area contributed by atoms with Gasteiger partial charge in [0.15, 0.2) is 5.82 Å². The number of rotatable bonds is 3. The fourth-order valence-corrected chi connectivity index (χ4v) is 3.37. The van der Waals surface area contributed by atoms with Gasteiger partial charge in [-0.1, -0.05) is 31.8 Å². The summed E-state index contributed by atoms with van der Waals surface area (Å²) in [5, 5.41) is 7.77. The van der Waals surface area contributed by atoms with Crippen molar-refractivity contribution in [1.82, 2.24) is 15.5 Å². The molecule has 4 nitrogen and oxygen atoms in total. The maximum absolute atomic E-state index is 5.43. The maximum atomic E-state index is 5.43. The van der Waals surface area contributed by atoms with Crippen LogP contribution in [0.5, 0.6) is 0 Å². The van der Waals surface area contributed by atoms with E-state index in [0.717, 1.165) is 24.1 Å². The monoisotopic (exact) mass is 249 g/mol. The Balaban J connectivity index is 1.66. The van der Waals surface area contributed by atoms with E-state index >= 15 is 0 Å². The molecule has 100 valence electrons. The van der Waals surface area contributed by atoms with Crippen LogP contribution in [0.15, 0.2) is 4.52 Å². The third-order valence-corrected chi connectivity index (χ3v) is 4.24. The summed E-state index contributed by atoms with van der Waals surface area (Å²) in [4.78, 5) is 4.55. The van der Waals surface area contributed by atoms with Crippen molar-refractivity contribution in [2.24, 2.45) is 11.8 Å². The fraction of sp³-hybridized carbons (Fsp3) is 0.857. The van der Waals surface area contributed by atoms with E-state index in [-0.39, 0.29) is 0 Å². The molecule has 1 aliphatic heterocycles. The van der Waals surface area contributed by atoms with Gasteiger partial charge in [-0.15, -0.1) is 0 Å². The Bertz CT molecular complexity index is 387. The van der Waals surface area contributed by atoms with Crippen LogP contribution in [0, 0.1) is 11.8 Å². The molecule has 3 atom stereocenters. The van der Waals surface area contributed by atoms with Crippen LogP contribution in [0.25, 0.3) is 0 Å². The molecular weight excluding hydrogens is 226 g/mol. The molecule has 0 bridgehead atoms. The van der Waals surface area contributed by atoms with Gasteiger partial charge >= 0.3 is 0 Å². The van der Waals surface area contributed by atoms with Crippen LogP contribution in [0.3, 0.4) is 0 Å². The van der Waals surface area contributed by atoms with Gasteiger partial charge in [-0.2, -0.15) is 4.98 Å². The van der Waals surface area contributed by atoms with Crippen molar-refractivity contribution < 1.29 is 4.52 Å². The van der Waals surface area contributed by atoms with Crippen molar-refractivity contribution in [2.45, 2.75) is 64.5 Å². The first-order valence-electron chi connectivity index (χ1n) is 7.31. The molecule has 3 rings (SSSR count). The molecule has 0 aromatic carbocycles. The summed E-state index contributed by atoms with van der Waals surface area (Å²) in [6.07, 6.45) is 7.51. The summed E-state index contributed by atoms with van der Waals surface area (Å²) in [7, 11) is 0. The average Bonchev–Trinajstić information content (AvgIpc) is 2.93. The Hall–Kier alpha value is -0.900. The maximum Gasteiger partial charge on any atom is 0.243 e. The van der Waals surface area contributed by atoms with E-state index in [1.54, 1.807) is 0 Å². The first-order chi connectivity index (χ1) is 8.72. The molecule has 3 unspecified atom stereocenters. The third kappa shape index (κ3) is 2.44. The number of nitrogens with zero attached hydrogens (tertiary/aromatic N) is 2. The van der Waals surface area contributed by atoms with Crippen molar-refractivity contribution in [3.63, 3.8) is 0 Å². The van der Waals surface area contributed by atoms with Crippen LogP contribution in [0.4, 0.5) is 0 Å². The van der Waals surface area contributed by atoms with Gasteiger partial charge < -0.3 is 9.84 Å². The van der Waals surface area contributed by atoms with E-state index in [0.29, 0.717) is 18.0 Å². The molecule has 1 aromatic heterocycles. The summed E-state index contributed by atoms with van der Waals surface area (Å²) in [5.74, 6) is 3.07. The summed E-state index contributed by atoms with van der Waals surface area (Å²) in [6, 6.07) is 0.982. The second kappa shape index (κ2) is 5.00. The van der Waals surface area contributed by atoms with Gasteiger partial charge in [0.1, 0.15) is 0 Å². The largest absolute Gasteiger partial charge is 0.338 e. The van der Waals surface area contributed by atoms with Crippen LogP contribution < -0.4 is 5.32 Å². The van der Waals surface area contributed by atoms with E-state index < -0.39 is 0 Å². The highest BCUT2D eigenvalue weighted by atomic mass is 16.5. The SMILES string of the molecule is CC(C)Cc1noc(C2CC3CCCCC3N2)n1. The molecule has 4 heteroatoms. The highest BCUT2D eigenvalue weighted by Gasteiger charge is 2.38. The van der Waals surface area contributed by atoms with E-state index in [4.69, 9.17) is 4.52 Å². The first kappa shape index (κ1) is 12.2.